The van der Waals surface area contributed by atoms with Crippen molar-refractivity contribution in [3.63, 3.8) is 0 Å². The van der Waals surface area contributed by atoms with E-state index in [4.69, 9.17) is 4.74 Å². The van der Waals surface area contributed by atoms with Crippen LogP contribution in [0.5, 0.6) is 0 Å². The van der Waals surface area contributed by atoms with Crippen molar-refractivity contribution in [2.24, 2.45) is 0 Å². The third kappa shape index (κ3) is 2.29. The van der Waals surface area contributed by atoms with Crippen molar-refractivity contribution in [3.8, 4) is 0 Å². The van der Waals surface area contributed by atoms with Crippen LogP contribution in [0.15, 0.2) is 54.1 Å². The Morgan fingerprint density at radius 1 is 1.13 bits per heavy atom. The van der Waals surface area contributed by atoms with Crippen LogP contribution < -0.4 is 0 Å². The summed E-state index contributed by atoms with van der Waals surface area (Å²) in [4.78, 5) is 12.2. The van der Waals surface area contributed by atoms with E-state index in [2.05, 4.69) is 48.6 Å². The van der Waals surface area contributed by atoms with E-state index in [0.29, 0.717) is 5.57 Å². The molecule has 0 bridgehead atoms. The van der Waals surface area contributed by atoms with Crippen molar-refractivity contribution in [1.82, 2.24) is 0 Å². The number of carbonyl (C=O) groups is 1. The molecule has 0 saturated heterocycles. The summed E-state index contributed by atoms with van der Waals surface area (Å²) in [7, 11) is 1.46. The molecule has 0 saturated carbocycles. The molecule has 1 atom stereocenters. The molecule has 4 rings (SSSR count). The fourth-order valence-electron chi connectivity index (χ4n) is 3.93. The smallest absolute Gasteiger partial charge is 0.338 e. The number of fused-ring (bicyclic) bond motifs is 3. The molecule has 0 fully saturated rings. The molecule has 2 aliphatic rings. The maximum absolute atomic E-state index is 12.2. The van der Waals surface area contributed by atoms with E-state index in [1.807, 2.05) is 0 Å². The minimum absolute atomic E-state index is 0.213. The Hall–Kier alpha value is -2.35. The molecule has 2 aliphatic carbocycles. The van der Waals surface area contributed by atoms with Gasteiger partial charge in [-0.25, -0.2) is 4.79 Å². The van der Waals surface area contributed by atoms with Gasteiger partial charge in [-0.3, -0.25) is 0 Å². The standard InChI is InChI=1S/C21H20O2/c1-23-21(22)19-13-18(14-7-3-2-4-8-14)20-16-10-6-5-9-15(16)11-12-17(19)20/h5-7,9-13,18H,2-4,8H2,1H3. The first-order valence-corrected chi connectivity index (χ1v) is 8.30. The van der Waals surface area contributed by atoms with Crippen LogP contribution in [-0.4, -0.2) is 13.1 Å². The van der Waals surface area contributed by atoms with Crippen molar-refractivity contribution in [1.29, 1.82) is 0 Å². The van der Waals surface area contributed by atoms with Crippen molar-refractivity contribution in [2.45, 2.75) is 31.6 Å². The molecule has 2 nitrogen and oxygen atoms in total. The minimum atomic E-state index is -0.236. The second kappa shape index (κ2) is 5.69. The van der Waals surface area contributed by atoms with E-state index in [-0.39, 0.29) is 11.9 Å². The summed E-state index contributed by atoms with van der Waals surface area (Å²) in [5.41, 5.74) is 4.47. The lowest BCUT2D eigenvalue weighted by atomic mass is 9.84. The topological polar surface area (TPSA) is 26.3 Å². The number of hydrogen-bond donors (Lipinski definition) is 0. The zero-order chi connectivity index (χ0) is 15.8. The Balaban J connectivity index is 1.94. The molecule has 23 heavy (non-hydrogen) atoms. The Morgan fingerprint density at radius 2 is 2.00 bits per heavy atom. The Kier molecular flexibility index (Phi) is 3.53. The van der Waals surface area contributed by atoms with E-state index in [0.717, 1.165) is 18.4 Å². The fourth-order valence-corrected chi connectivity index (χ4v) is 3.93. The zero-order valence-electron chi connectivity index (χ0n) is 13.3. The molecule has 0 aliphatic heterocycles. The van der Waals surface area contributed by atoms with Crippen molar-refractivity contribution >= 4 is 22.3 Å². The van der Waals surface area contributed by atoms with Gasteiger partial charge in [0, 0.05) is 5.92 Å². The number of esters is 1. The molecule has 2 aromatic carbocycles. The predicted molar refractivity (Wildman–Crippen MR) is 93.2 cm³/mol. The molecule has 2 aromatic rings. The second-order valence-electron chi connectivity index (χ2n) is 6.32. The number of ether oxygens (including phenoxy) is 1. The molecular formula is C21H20O2. The van der Waals surface area contributed by atoms with Crippen LogP contribution in [0.4, 0.5) is 0 Å². The minimum Gasteiger partial charge on any atom is -0.465 e. The van der Waals surface area contributed by atoms with Crippen LogP contribution in [0, 0.1) is 0 Å². The van der Waals surface area contributed by atoms with Gasteiger partial charge < -0.3 is 4.74 Å². The van der Waals surface area contributed by atoms with Gasteiger partial charge in [0.2, 0.25) is 0 Å². The van der Waals surface area contributed by atoms with Crippen LogP contribution in [0.1, 0.15) is 42.7 Å². The normalized spacial score (nSPS) is 20.0. The summed E-state index contributed by atoms with van der Waals surface area (Å²) in [6, 6.07) is 12.6. The zero-order valence-corrected chi connectivity index (χ0v) is 13.3. The highest BCUT2D eigenvalue weighted by Crippen LogP contribution is 2.46. The molecule has 0 spiro atoms. The van der Waals surface area contributed by atoms with Gasteiger partial charge >= 0.3 is 5.97 Å². The summed E-state index contributed by atoms with van der Waals surface area (Å²) in [5, 5.41) is 2.48. The molecule has 1 unspecified atom stereocenters. The van der Waals surface area contributed by atoms with Gasteiger partial charge in [-0.15, -0.1) is 0 Å². The number of hydrogen-bond acceptors (Lipinski definition) is 2. The average Bonchev–Trinajstić information content (AvgIpc) is 3.02. The van der Waals surface area contributed by atoms with E-state index in [9.17, 15) is 4.79 Å². The Labute approximate surface area is 136 Å². The van der Waals surface area contributed by atoms with Gasteiger partial charge in [-0.05, 0) is 47.6 Å². The lowest BCUT2D eigenvalue weighted by Gasteiger charge is -2.20. The number of carbonyl (C=O) groups excluding carboxylic acids is 1. The molecule has 116 valence electrons. The van der Waals surface area contributed by atoms with E-state index < -0.39 is 0 Å². The molecule has 0 heterocycles. The molecule has 2 heteroatoms. The molecule has 0 radical (unpaired) electrons. The van der Waals surface area contributed by atoms with E-state index >= 15 is 0 Å². The van der Waals surface area contributed by atoms with Crippen molar-refractivity contribution in [2.75, 3.05) is 7.11 Å². The third-order valence-electron chi connectivity index (χ3n) is 5.04. The highest BCUT2D eigenvalue weighted by atomic mass is 16.5. The van der Waals surface area contributed by atoms with Crippen LogP contribution in [0.3, 0.4) is 0 Å². The number of methoxy groups -OCH3 is 1. The van der Waals surface area contributed by atoms with Crippen molar-refractivity contribution < 1.29 is 9.53 Å². The SMILES string of the molecule is COC(=O)C1=CC(C2=CCCCC2)c2c1ccc1ccccc21. The monoisotopic (exact) mass is 304 g/mol. The first-order chi connectivity index (χ1) is 11.3. The highest BCUT2D eigenvalue weighted by molar-refractivity contribution is 6.20. The Morgan fingerprint density at radius 3 is 2.78 bits per heavy atom. The summed E-state index contributed by atoms with van der Waals surface area (Å²) in [6.45, 7) is 0. The summed E-state index contributed by atoms with van der Waals surface area (Å²) < 4.78 is 5.01. The quantitative estimate of drug-likeness (QED) is 0.577. The third-order valence-corrected chi connectivity index (χ3v) is 5.04. The fraction of sp³-hybridized carbons (Fsp3) is 0.286. The molecular weight excluding hydrogens is 284 g/mol. The molecule has 0 aromatic heterocycles. The molecule has 0 amide bonds. The number of allylic oxidation sites excluding steroid dienone is 3. The number of benzene rings is 2. The van der Waals surface area contributed by atoms with E-state index in [1.165, 1.54) is 41.9 Å². The van der Waals surface area contributed by atoms with Crippen LogP contribution in [0.25, 0.3) is 16.3 Å². The van der Waals surface area contributed by atoms with Gasteiger partial charge in [-0.2, -0.15) is 0 Å². The van der Waals surface area contributed by atoms with Gasteiger partial charge in [-0.1, -0.05) is 54.1 Å². The van der Waals surface area contributed by atoms with Crippen LogP contribution in [0.2, 0.25) is 0 Å². The average molecular weight is 304 g/mol. The van der Waals surface area contributed by atoms with Gasteiger partial charge in [0.15, 0.2) is 0 Å². The molecule has 0 N–H and O–H groups in total. The maximum atomic E-state index is 12.2. The first kappa shape index (κ1) is 14.3. The van der Waals surface area contributed by atoms with E-state index in [1.54, 1.807) is 0 Å². The first-order valence-electron chi connectivity index (χ1n) is 8.30. The maximum Gasteiger partial charge on any atom is 0.338 e. The van der Waals surface area contributed by atoms with Crippen molar-refractivity contribution in [3.05, 3.63) is 65.3 Å². The predicted octanol–water partition coefficient (Wildman–Crippen LogP) is 4.99. The summed E-state index contributed by atoms with van der Waals surface area (Å²) >= 11 is 0. The largest absolute Gasteiger partial charge is 0.465 e. The Bertz CT molecular complexity index is 842. The lowest BCUT2D eigenvalue weighted by molar-refractivity contribution is -0.133. The highest BCUT2D eigenvalue weighted by Gasteiger charge is 2.31. The van der Waals surface area contributed by atoms with Gasteiger partial charge in [0.1, 0.15) is 0 Å². The number of rotatable bonds is 2. The van der Waals surface area contributed by atoms with Gasteiger partial charge in [0.25, 0.3) is 0 Å². The summed E-state index contributed by atoms with van der Waals surface area (Å²) in [6.07, 6.45) is 9.26. The van der Waals surface area contributed by atoms with Gasteiger partial charge in [0.05, 0.1) is 12.7 Å². The summed E-state index contributed by atoms with van der Waals surface area (Å²) in [5.74, 6) is -0.0223. The second-order valence-corrected chi connectivity index (χ2v) is 6.32. The van der Waals surface area contributed by atoms with Crippen LogP contribution >= 0.6 is 0 Å². The van der Waals surface area contributed by atoms with Crippen LogP contribution in [-0.2, 0) is 9.53 Å². The lowest BCUT2D eigenvalue weighted by Crippen LogP contribution is -2.03.